The Morgan fingerprint density at radius 2 is 2.03 bits per heavy atom. The van der Waals surface area contributed by atoms with Crippen molar-refractivity contribution in [3.63, 3.8) is 0 Å². The molecule has 1 fully saturated rings. The summed E-state index contributed by atoms with van der Waals surface area (Å²) in [5.41, 5.74) is 3.45. The van der Waals surface area contributed by atoms with Crippen LogP contribution < -0.4 is 15.4 Å². The van der Waals surface area contributed by atoms with Gasteiger partial charge in [-0.15, -0.1) is 24.8 Å². The molecular weight excluding hydrogens is 423 g/mol. The van der Waals surface area contributed by atoms with E-state index in [1.807, 2.05) is 60.1 Å². The zero-order valence-corrected chi connectivity index (χ0v) is 18.8. The molecule has 30 heavy (non-hydrogen) atoms. The highest BCUT2D eigenvalue weighted by Gasteiger charge is 2.24. The van der Waals surface area contributed by atoms with Gasteiger partial charge in [0, 0.05) is 18.4 Å². The first kappa shape index (κ1) is 24.0. The number of aryl methyl sites for hydroxylation is 1. The molecule has 2 aromatic heterocycles. The number of halogens is 2. The van der Waals surface area contributed by atoms with Crippen LogP contribution in [0.4, 0.5) is 0 Å². The Morgan fingerprint density at radius 3 is 2.83 bits per heavy atom. The molecule has 2 N–H and O–H groups in total. The largest absolute Gasteiger partial charge is 0.486 e. The van der Waals surface area contributed by atoms with E-state index in [4.69, 9.17) is 4.74 Å². The maximum atomic E-state index is 12.8. The van der Waals surface area contributed by atoms with Gasteiger partial charge in [0.15, 0.2) is 0 Å². The van der Waals surface area contributed by atoms with Crippen LogP contribution in [0.25, 0.3) is 5.65 Å². The van der Waals surface area contributed by atoms with E-state index < -0.39 is 0 Å². The highest BCUT2D eigenvalue weighted by atomic mass is 35.5. The van der Waals surface area contributed by atoms with Crippen LogP contribution in [0.3, 0.4) is 0 Å². The van der Waals surface area contributed by atoms with Gasteiger partial charge in [-0.3, -0.25) is 4.79 Å². The molecule has 1 aliphatic rings. The van der Waals surface area contributed by atoms with Gasteiger partial charge in [0.1, 0.15) is 18.0 Å². The van der Waals surface area contributed by atoms with Crippen LogP contribution in [0.5, 0.6) is 5.75 Å². The molecule has 1 amide bonds. The number of imidazole rings is 1. The summed E-state index contributed by atoms with van der Waals surface area (Å²) in [6, 6.07) is 11.6. The summed E-state index contributed by atoms with van der Waals surface area (Å²) in [7, 11) is 0. The first-order valence-electron chi connectivity index (χ1n) is 9.78. The van der Waals surface area contributed by atoms with Crippen LogP contribution in [0.1, 0.15) is 35.0 Å². The first-order chi connectivity index (χ1) is 13.6. The van der Waals surface area contributed by atoms with Gasteiger partial charge in [0.2, 0.25) is 0 Å². The Kier molecular flexibility index (Phi) is 8.53. The zero-order chi connectivity index (χ0) is 19.5. The highest BCUT2D eigenvalue weighted by molar-refractivity contribution is 5.97. The fraction of sp³-hybridized carbons (Fsp3) is 0.364. The molecule has 1 aromatic carbocycles. The standard InChI is InChI=1S/C22H26N4O2.2ClH/c1-15-7-8-21-24-17(13-26(21)12-15)14-28-20-6-4-3-5-18(20)22(27)25-19-9-10-23-11-16(19)2;;/h3-8,12-13,16,19,23H,9-11,14H2,1-2H3,(H,25,27);2*1H. The quantitative estimate of drug-likeness (QED) is 0.620. The van der Waals surface area contributed by atoms with Crippen LogP contribution >= 0.6 is 24.8 Å². The first-order valence-corrected chi connectivity index (χ1v) is 9.78. The number of hydrogen-bond donors (Lipinski definition) is 2. The molecule has 4 rings (SSSR count). The lowest BCUT2D eigenvalue weighted by atomic mass is 9.95. The molecule has 162 valence electrons. The van der Waals surface area contributed by atoms with Crippen LogP contribution in [-0.4, -0.2) is 34.4 Å². The molecule has 8 heteroatoms. The molecule has 6 nitrogen and oxygen atoms in total. The van der Waals surface area contributed by atoms with Crippen molar-refractivity contribution in [2.75, 3.05) is 13.1 Å². The zero-order valence-electron chi connectivity index (χ0n) is 17.1. The molecule has 0 spiro atoms. The van der Waals surface area contributed by atoms with E-state index in [0.717, 1.165) is 30.9 Å². The van der Waals surface area contributed by atoms with Crippen molar-refractivity contribution in [1.29, 1.82) is 0 Å². The fourth-order valence-corrected chi connectivity index (χ4v) is 3.63. The number of aromatic nitrogens is 2. The molecule has 1 aliphatic heterocycles. The number of piperidine rings is 1. The summed E-state index contributed by atoms with van der Waals surface area (Å²) in [5, 5.41) is 6.53. The number of rotatable bonds is 5. The minimum absolute atomic E-state index is 0. The molecule has 1 saturated heterocycles. The molecule has 3 aromatic rings. The minimum Gasteiger partial charge on any atom is -0.486 e. The van der Waals surface area contributed by atoms with Crippen LogP contribution in [0.15, 0.2) is 48.8 Å². The third kappa shape index (κ3) is 5.45. The Labute approximate surface area is 189 Å². The number of benzene rings is 1. The second kappa shape index (κ2) is 10.7. The summed E-state index contributed by atoms with van der Waals surface area (Å²) < 4.78 is 7.96. The number of carbonyl (C=O) groups is 1. The lowest BCUT2D eigenvalue weighted by molar-refractivity contribution is 0.0909. The Bertz CT molecular complexity index is 992. The number of nitrogens with zero attached hydrogens (tertiary/aromatic N) is 2. The third-order valence-electron chi connectivity index (χ3n) is 5.26. The van der Waals surface area contributed by atoms with E-state index in [-0.39, 0.29) is 36.8 Å². The van der Waals surface area contributed by atoms with Crippen molar-refractivity contribution in [2.45, 2.75) is 32.9 Å². The van der Waals surface area contributed by atoms with Gasteiger partial charge < -0.3 is 19.8 Å². The Hall–Kier alpha value is -2.28. The van der Waals surface area contributed by atoms with E-state index >= 15 is 0 Å². The summed E-state index contributed by atoms with van der Waals surface area (Å²) in [4.78, 5) is 17.4. The molecule has 3 heterocycles. The van der Waals surface area contributed by atoms with Gasteiger partial charge in [-0.25, -0.2) is 4.98 Å². The Balaban J connectivity index is 0.00000160. The van der Waals surface area contributed by atoms with Gasteiger partial charge in [-0.2, -0.15) is 0 Å². The molecular formula is C22H28Cl2N4O2. The molecule has 0 radical (unpaired) electrons. The predicted octanol–water partition coefficient (Wildman–Crippen LogP) is 3.79. The lowest BCUT2D eigenvalue weighted by Crippen LogP contribution is -2.48. The summed E-state index contributed by atoms with van der Waals surface area (Å²) in [5.74, 6) is 0.905. The van der Waals surface area contributed by atoms with Crippen molar-refractivity contribution in [2.24, 2.45) is 5.92 Å². The van der Waals surface area contributed by atoms with E-state index in [0.29, 0.717) is 23.8 Å². The second-order valence-electron chi connectivity index (χ2n) is 7.54. The Morgan fingerprint density at radius 1 is 1.23 bits per heavy atom. The number of hydrogen-bond acceptors (Lipinski definition) is 4. The third-order valence-corrected chi connectivity index (χ3v) is 5.26. The lowest BCUT2D eigenvalue weighted by Gasteiger charge is -2.30. The van der Waals surface area contributed by atoms with Crippen LogP contribution in [0, 0.1) is 12.8 Å². The average molecular weight is 451 g/mol. The van der Waals surface area contributed by atoms with Gasteiger partial charge >= 0.3 is 0 Å². The summed E-state index contributed by atoms with van der Waals surface area (Å²) in [6.07, 6.45) is 4.94. The fourth-order valence-electron chi connectivity index (χ4n) is 3.63. The monoisotopic (exact) mass is 450 g/mol. The van der Waals surface area contributed by atoms with Crippen molar-refractivity contribution in [3.8, 4) is 5.75 Å². The second-order valence-corrected chi connectivity index (χ2v) is 7.54. The number of amides is 1. The van der Waals surface area contributed by atoms with E-state index in [1.54, 1.807) is 0 Å². The van der Waals surface area contributed by atoms with E-state index in [1.165, 1.54) is 5.56 Å². The average Bonchev–Trinajstić information content (AvgIpc) is 3.10. The predicted molar refractivity (Wildman–Crippen MR) is 123 cm³/mol. The van der Waals surface area contributed by atoms with Crippen molar-refractivity contribution < 1.29 is 9.53 Å². The molecule has 2 atom stereocenters. The van der Waals surface area contributed by atoms with Crippen LogP contribution in [0.2, 0.25) is 0 Å². The normalized spacial score (nSPS) is 18.2. The number of carbonyl (C=O) groups excluding carboxylic acids is 1. The summed E-state index contributed by atoms with van der Waals surface area (Å²) in [6.45, 7) is 6.38. The van der Waals surface area contributed by atoms with Crippen molar-refractivity contribution >= 4 is 36.4 Å². The SMILES string of the molecule is Cc1ccc2nc(COc3ccccc3C(=O)NC3CCNCC3C)cn2c1.Cl.Cl. The summed E-state index contributed by atoms with van der Waals surface area (Å²) >= 11 is 0. The molecule has 2 unspecified atom stereocenters. The van der Waals surface area contributed by atoms with E-state index in [9.17, 15) is 4.79 Å². The maximum absolute atomic E-state index is 12.8. The number of para-hydroxylation sites is 1. The molecule has 0 aliphatic carbocycles. The molecule has 0 saturated carbocycles. The number of ether oxygens (including phenoxy) is 1. The van der Waals surface area contributed by atoms with Gasteiger partial charge in [0.05, 0.1) is 11.3 Å². The number of fused-ring (bicyclic) bond motifs is 1. The van der Waals surface area contributed by atoms with Crippen molar-refractivity contribution in [3.05, 3.63) is 65.6 Å². The smallest absolute Gasteiger partial charge is 0.255 e. The van der Waals surface area contributed by atoms with Gasteiger partial charge in [-0.1, -0.05) is 25.1 Å². The van der Waals surface area contributed by atoms with Crippen molar-refractivity contribution in [1.82, 2.24) is 20.0 Å². The van der Waals surface area contributed by atoms with Gasteiger partial charge in [0.25, 0.3) is 5.91 Å². The number of nitrogens with one attached hydrogen (secondary N) is 2. The molecule has 0 bridgehead atoms. The minimum atomic E-state index is -0.0834. The van der Waals surface area contributed by atoms with E-state index in [2.05, 4.69) is 22.5 Å². The topological polar surface area (TPSA) is 67.7 Å². The maximum Gasteiger partial charge on any atom is 0.255 e. The van der Waals surface area contributed by atoms with Gasteiger partial charge in [-0.05, 0) is 56.1 Å². The highest BCUT2D eigenvalue weighted by Crippen LogP contribution is 2.21. The van der Waals surface area contributed by atoms with Crippen LogP contribution in [-0.2, 0) is 6.61 Å². The number of pyridine rings is 1.